The van der Waals surface area contributed by atoms with Gasteiger partial charge in [0, 0.05) is 23.0 Å². The first-order chi connectivity index (χ1) is 13.8. The fourth-order valence-corrected chi connectivity index (χ4v) is 3.65. The van der Waals surface area contributed by atoms with Crippen LogP contribution < -0.4 is 14.8 Å². The second-order valence-corrected chi connectivity index (χ2v) is 8.02. The Hall–Kier alpha value is -3.52. The SMILES string of the molecule is COc1ccc(NC(=O)c2ccc(S(=O)(=O)Nc3ccc(C)cc3)cc2)cc1O. The molecule has 3 N–H and O–H groups in total. The van der Waals surface area contributed by atoms with E-state index in [1.807, 2.05) is 19.1 Å². The fraction of sp³-hybridized carbons (Fsp3) is 0.0952. The lowest BCUT2D eigenvalue weighted by molar-refractivity contribution is 0.102. The van der Waals surface area contributed by atoms with Gasteiger partial charge in [0.15, 0.2) is 11.5 Å². The second-order valence-electron chi connectivity index (χ2n) is 6.34. The number of aryl methyl sites for hydroxylation is 1. The fourth-order valence-electron chi connectivity index (χ4n) is 2.59. The van der Waals surface area contributed by atoms with Crippen LogP contribution in [0.4, 0.5) is 11.4 Å². The summed E-state index contributed by atoms with van der Waals surface area (Å²) in [5.41, 5.74) is 2.13. The molecule has 0 heterocycles. The van der Waals surface area contributed by atoms with Gasteiger partial charge in [-0.15, -0.1) is 0 Å². The van der Waals surface area contributed by atoms with E-state index in [0.717, 1.165) is 5.56 Å². The van der Waals surface area contributed by atoms with Gasteiger partial charge in [-0.05, 0) is 55.5 Å². The Kier molecular flexibility index (Phi) is 5.74. The summed E-state index contributed by atoms with van der Waals surface area (Å²) in [5.74, 6) is -0.252. The normalized spacial score (nSPS) is 11.0. The van der Waals surface area contributed by atoms with Gasteiger partial charge >= 0.3 is 0 Å². The van der Waals surface area contributed by atoms with E-state index >= 15 is 0 Å². The van der Waals surface area contributed by atoms with Crippen LogP contribution in [0.15, 0.2) is 71.6 Å². The third-order valence-electron chi connectivity index (χ3n) is 4.17. The van der Waals surface area contributed by atoms with E-state index in [4.69, 9.17) is 4.74 Å². The molecule has 0 spiro atoms. The molecule has 7 nitrogen and oxygen atoms in total. The number of sulfonamides is 1. The maximum atomic E-state index is 12.5. The number of phenolic OH excluding ortho intramolecular Hbond substituents is 1. The van der Waals surface area contributed by atoms with Crippen LogP contribution in [0.3, 0.4) is 0 Å². The Morgan fingerprint density at radius 2 is 1.55 bits per heavy atom. The van der Waals surface area contributed by atoms with Crippen LogP contribution in [0.1, 0.15) is 15.9 Å². The van der Waals surface area contributed by atoms with Crippen LogP contribution in [0.5, 0.6) is 11.5 Å². The topological polar surface area (TPSA) is 105 Å². The monoisotopic (exact) mass is 412 g/mol. The smallest absolute Gasteiger partial charge is 0.261 e. The van der Waals surface area contributed by atoms with Gasteiger partial charge in [0.05, 0.1) is 12.0 Å². The highest BCUT2D eigenvalue weighted by molar-refractivity contribution is 7.92. The highest BCUT2D eigenvalue weighted by atomic mass is 32.2. The van der Waals surface area contributed by atoms with Crippen LogP contribution in [0.25, 0.3) is 0 Å². The van der Waals surface area contributed by atoms with Crippen LogP contribution >= 0.6 is 0 Å². The molecule has 0 atom stereocenters. The first-order valence-electron chi connectivity index (χ1n) is 8.66. The first kappa shape index (κ1) is 20.2. The number of anilines is 2. The van der Waals surface area contributed by atoms with Crippen LogP contribution in [-0.2, 0) is 10.0 Å². The van der Waals surface area contributed by atoms with Crippen molar-refractivity contribution in [3.63, 3.8) is 0 Å². The molecule has 8 heteroatoms. The summed E-state index contributed by atoms with van der Waals surface area (Å²) >= 11 is 0. The zero-order chi connectivity index (χ0) is 21.0. The van der Waals surface area contributed by atoms with Gasteiger partial charge in [-0.25, -0.2) is 8.42 Å². The number of nitrogens with one attached hydrogen (secondary N) is 2. The van der Waals surface area contributed by atoms with E-state index in [0.29, 0.717) is 17.1 Å². The van der Waals surface area contributed by atoms with Gasteiger partial charge in [0.1, 0.15) is 0 Å². The molecule has 0 unspecified atom stereocenters. The quantitative estimate of drug-likeness (QED) is 0.572. The lowest BCUT2D eigenvalue weighted by Crippen LogP contribution is -2.14. The van der Waals surface area contributed by atoms with Gasteiger partial charge in [-0.3, -0.25) is 9.52 Å². The van der Waals surface area contributed by atoms with E-state index in [1.165, 1.54) is 43.5 Å². The van der Waals surface area contributed by atoms with E-state index in [2.05, 4.69) is 10.0 Å². The lowest BCUT2D eigenvalue weighted by Gasteiger charge is -2.10. The first-order valence-corrected chi connectivity index (χ1v) is 10.1. The van der Waals surface area contributed by atoms with Crippen LogP contribution in [0.2, 0.25) is 0 Å². The number of methoxy groups -OCH3 is 1. The maximum Gasteiger partial charge on any atom is 0.261 e. The van der Waals surface area contributed by atoms with Gasteiger partial charge in [0.25, 0.3) is 15.9 Å². The van der Waals surface area contributed by atoms with E-state index in [1.54, 1.807) is 18.2 Å². The minimum Gasteiger partial charge on any atom is -0.504 e. The summed E-state index contributed by atoms with van der Waals surface area (Å²) < 4.78 is 32.5. The van der Waals surface area contributed by atoms with Gasteiger partial charge in [-0.1, -0.05) is 17.7 Å². The number of carbonyl (C=O) groups is 1. The predicted octanol–water partition coefficient (Wildman–Crippen LogP) is 3.76. The molecular weight excluding hydrogens is 392 g/mol. The number of benzene rings is 3. The summed E-state index contributed by atoms with van der Waals surface area (Å²) in [4.78, 5) is 12.4. The predicted molar refractivity (Wildman–Crippen MR) is 111 cm³/mol. The molecule has 3 aromatic rings. The van der Waals surface area contributed by atoms with Crippen molar-refractivity contribution < 1.29 is 23.1 Å². The van der Waals surface area contributed by atoms with Crippen molar-refractivity contribution in [1.82, 2.24) is 0 Å². The molecule has 3 rings (SSSR count). The van der Waals surface area contributed by atoms with Crippen molar-refractivity contribution in [2.45, 2.75) is 11.8 Å². The van der Waals surface area contributed by atoms with Crippen molar-refractivity contribution in [2.24, 2.45) is 0 Å². The summed E-state index contributed by atoms with van der Waals surface area (Å²) in [5, 5.41) is 12.4. The molecule has 0 bridgehead atoms. The molecule has 3 aromatic carbocycles. The average Bonchev–Trinajstić information content (AvgIpc) is 2.70. The minimum absolute atomic E-state index is 0.0386. The lowest BCUT2D eigenvalue weighted by atomic mass is 10.2. The number of carbonyl (C=O) groups excluding carboxylic acids is 1. The highest BCUT2D eigenvalue weighted by Crippen LogP contribution is 2.28. The van der Waals surface area contributed by atoms with Gasteiger partial charge in [0.2, 0.25) is 0 Å². The van der Waals surface area contributed by atoms with Crippen molar-refractivity contribution in [3.05, 3.63) is 77.9 Å². The molecule has 0 saturated carbocycles. The molecule has 1 amide bonds. The largest absolute Gasteiger partial charge is 0.504 e. The van der Waals surface area contributed by atoms with E-state index in [-0.39, 0.29) is 16.2 Å². The molecule has 150 valence electrons. The minimum atomic E-state index is -3.77. The number of hydrogen-bond acceptors (Lipinski definition) is 5. The number of aromatic hydroxyl groups is 1. The summed E-state index contributed by atoms with van der Waals surface area (Å²) in [7, 11) is -2.34. The Bertz CT molecular complexity index is 1120. The third kappa shape index (κ3) is 4.85. The van der Waals surface area contributed by atoms with E-state index < -0.39 is 15.9 Å². The molecule has 0 fully saturated rings. The second kappa shape index (κ2) is 8.24. The zero-order valence-electron chi connectivity index (χ0n) is 15.8. The average molecular weight is 412 g/mol. The van der Waals surface area contributed by atoms with Crippen molar-refractivity contribution in [2.75, 3.05) is 17.1 Å². The van der Waals surface area contributed by atoms with Gasteiger partial charge < -0.3 is 15.2 Å². The molecular formula is C21H20N2O5S. The van der Waals surface area contributed by atoms with Crippen molar-refractivity contribution in [3.8, 4) is 11.5 Å². The van der Waals surface area contributed by atoms with Crippen molar-refractivity contribution in [1.29, 1.82) is 0 Å². The molecule has 0 aliphatic carbocycles. The molecule has 0 aromatic heterocycles. The number of phenols is 1. The molecule has 0 aliphatic rings. The number of ether oxygens (including phenoxy) is 1. The van der Waals surface area contributed by atoms with Crippen LogP contribution in [-0.4, -0.2) is 26.5 Å². The maximum absolute atomic E-state index is 12.5. The Balaban J connectivity index is 1.72. The highest BCUT2D eigenvalue weighted by Gasteiger charge is 2.15. The molecule has 0 radical (unpaired) electrons. The van der Waals surface area contributed by atoms with Crippen LogP contribution in [0, 0.1) is 6.92 Å². The summed E-state index contributed by atoms with van der Waals surface area (Å²) in [6.45, 7) is 1.91. The molecule has 0 aliphatic heterocycles. The Morgan fingerprint density at radius 1 is 0.931 bits per heavy atom. The standard InChI is InChI=1S/C21H20N2O5S/c1-14-3-7-16(8-4-14)23-29(26,27)18-10-5-15(6-11-18)21(25)22-17-9-12-20(28-2)19(24)13-17/h3-13,23-24H,1-2H3,(H,22,25). The number of rotatable bonds is 6. The third-order valence-corrected chi connectivity index (χ3v) is 5.56. The summed E-state index contributed by atoms with van der Waals surface area (Å²) in [6, 6.07) is 17.0. The van der Waals surface area contributed by atoms with Crippen molar-refractivity contribution >= 4 is 27.3 Å². The Morgan fingerprint density at radius 3 is 2.14 bits per heavy atom. The van der Waals surface area contributed by atoms with E-state index in [9.17, 15) is 18.3 Å². The zero-order valence-corrected chi connectivity index (χ0v) is 16.7. The Labute approximate surface area is 169 Å². The van der Waals surface area contributed by atoms with Gasteiger partial charge in [-0.2, -0.15) is 0 Å². The molecule has 0 saturated heterocycles. The number of hydrogen-bond donors (Lipinski definition) is 3. The summed E-state index contributed by atoms with van der Waals surface area (Å²) in [6.07, 6.45) is 0. The molecule has 29 heavy (non-hydrogen) atoms. The number of amides is 1.